The zero-order valence-corrected chi connectivity index (χ0v) is 14.8. The summed E-state index contributed by atoms with van der Waals surface area (Å²) < 4.78 is 1.48. The van der Waals surface area contributed by atoms with Crippen molar-refractivity contribution in [3.63, 3.8) is 0 Å². The summed E-state index contributed by atoms with van der Waals surface area (Å²) in [5.41, 5.74) is 1.78. The number of aryl methyl sites for hydroxylation is 2. The molecule has 1 amide bonds. The number of rotatable bonds is 6. The van der Waals surface area contributed by atoms with Gasteiger partial charge in [0.15, 0.2) is 5.69 Å². The Morgan fingerprint density at radius 1 is 1.12 bits per heavy atom. The number of hydrogen-bond donors (Lipinski definition) is 3. The highest BCUT2D eigenvalue weighted by Crippen LogP contribution is 2.19. The van der Waals surface area contributed by atoms with Crippen molar-refractivity contribution in [1.29, 1.82) is 0 Å². The number of hydrogen-bond acceptors (Lipinski definition) is 7. The SMILES string of the molecule is CCNc1cc(Nc2ccc(NC(=O)c3cn(C)nn3)cc2)nc(C)n1. The van der Waals surface area contributed by atoms with E-state index in [-0.39, 0.29) is 11.6 Å². The van der Waals surface area contributed by atoms with Crippen molar-refractivity contribution in [3.05, 3.63) is 48.0 Å². The Hall–Kier alpha value is -3.49. The molecule has 0 aliphatic carbocycles. The maximum Gasteiger partial charge on any atom is 0.277 e. The van der Waals surface area contributed by atoms with Gasteiger partial charge in [-0.1, -0.05) is 5.21 Å². The molecule has 0 spiro atoms. The fraction of sp³-hybridized carbons (Fsp3) is 0.235. The molecule has 3 N–H and O–H groups in total. The molecule has 134 valence electrons. The topological polar surface area (TPSA) is 110 Å². The van der Waals surface area contributed by atoms with E-state index in [9.17, 15) is 4.79 Å². The average Bonchev–Trinajstić information content (AvgIpc) is 3.03. The Kier molecular flexibility index (Phi) is 5.07. The first kappa shape index (κ1) is 17.3. The minimum atomic E-state index is -0.305. The van der Waals surface area contributed by atoms with Crippen LogP contribution in [-0.2, 0) is 7.05 Å². The van der Waals surface area contributed by atoms with E-state index >= 15 is 0 Å². The lowest BCUT2D eigenvalue weighted by molar-refractivity contribution is 0.102. The molecule has 9 heteroatoms. The lowest BCUT2D eigenvalue weighted by Gasteiger charge is -2.10. The molecular formula is C17H20N8O. The van der Waals surface area contributed by atoms with Gasteiger partial charge in [0.1, 0.15) is 17.5 Å². The van der Waals surface area contributed by atoms with Crippen molar-refractivity contribution in [1.82, 2.24) is 25.0 Å². The number of carbonyl (C=O) groups excluding carboxylic acids is 1. The highest BCUT2D eigenvalue weighted by atomic mass is 16.2. The smallest absolute Gasteiger partial charge is 0.277 e. The highest BCUT2D eigenvalue weighted by Gasteiger charge is 2.10. The molecule has 9 nitrogen and oxygen atoms in total. The number of nitrogens with zero attached hydrogens (tertiary/aromatic N) is 5. The maximum absolute atomic E-state index is 12.1. The predicted octanol–water partition coefficient (Wildman–Crippen LogP) is 2.34. The molecule has 2 aromatic heterocycles. The van der Waals surface area contributed by atoms with Gasteiger partial charge in [-0.05, 0) is 38.1 Å². The second-order valence-electron chi connectivity index (χ2n) is 5.65. The summed E-state index contributed by atoms with van der Waals surface area (Å²) in [4.78, 5) is 20.8. The molecule has 0 radical (unpaired) electrons. The monoisotopic (exact) mass is 352 g/mol. The fourth-order valence-corrected chi connectivity index (χ4v) is 2.33. The van der Waals surface area contributed by atoms with Crippen molar-refractivity contribution in [3.8, 4) is 0 Å². The summed E-state index contributed by atoms with van der Waals surface area (Å²) in [5.74, 6) is 1.85. The van der Waals surface area contributed by atoms with Crippen LogP contribution in [0.15, 0.2) is 36.5 Å². The summed E-state index contributed by atoms with van der Waals surface area (Å²) in [6, 6.07) is 9.17. The van der Waals surface area contributed by atoms with E-state index in [4.69, 9.17) is 0 Å². The number of anilines is 4. The normalized spacial score (nSPS) is 10.4. The van der Waals surface area contributed by atoms with Crippen molar-refractivity contribution in [2.45, 2.75) is 13.8 Å². The van der Waals surface area contributed by atoms with E-state index < -0.39 is 0 Å². The van der Waals surface area contributed by atoms with Crippen LogP contribution in [-0.4, -0.2) is 37.4 Å². The Morgan fingerprint density at radius 2 is 1.81 bits per heavy atom. The van der Waals surface area contributed by atoms with Crippen LogP contribution in [0.25, 0.3) is 0 Å². The van der Waals surface area contributed by atoms with Crippen molar-refractivity contribution >= 4 is 28.9 Å². The van der Waals surface area contributed by atoms with E-state index in [1.165, 1.54) is 4.68 Å². The van der Waals surface area contributed by atoms with Crippen molar-refractivity contribution in [2.24, 2.45) is 7.05 Å². The number of amides is 1. The van der Waals surface area contributed by atoms with Crippen LogP contribution in [0, 0.1) is 6.92 Å². The van der Waals surface area contributed by atoms with Gasteiger partial charge in [-0.3, -0.25) is 9.48 Å². The second kappa shape index (κ2) is 7.60. The Bertz CT molecular complexity index is 903. The molecule has 0 saturated carbocycles. The molecule has 0 saturated heterocycles. The number of aromatic nitrogens is 5. The Labute approximate surface area is 150 Å². The largest absolute Gasteiger partial charge is 0.370 e. The minimum absolute atomic E-state index is 0.266. The number of carbonyl (C=O) groups is 1. The maximum atomic E-state index is 12.1. The van der Waals surface area contributed by atoms with Gasteiger partial charge < -0.3 is 16.0 Å². The van der Waals surface area contributed by atoms with Gasteiger partial charge in [0.2, 0.25) is 0 Å². The van der Waals surface area contributed by atoms with Gasteiger partial charge >= 0.3 is 0 Å². The van der Waals surface area contributed by atoms with E-state index in [2.05, 4.69) is 36.2 Å². The molecule has 3 aromatic rings. The van der Waals surface area contributed by atoms with Crippen LogP contribution in [0.2, 0.25) is 0 Å². The summed E-state index contributed by atoms with van der Waals surface area (Å²) in [6.07, 6.45) is 1.56. The van der Waals surface area contributed by atoms with Gasteiger partial charge in [0.25, 0.3) is 5.91 Å². The van der Waals surface area contributed by atoms with Crippen LogP contribution in [0.5, 0.6) is 0 Å². The quantitative estimate of drug-likeness (QED) is 0.624. The Balaban J connectivity index is 1.67. The molecule has 0 unspecified atom stereocenters. The number of benzene rings is 1. The van der Waals surface area contributed by atoms with E-state index in [1.54, 1.807) is 25.4 Å². The van der Waals surface area contributed by atoms with Crippen LogP contribution in [0.4, 0.5) is 23.0 Å². The van der Waals surface area contributed by atoms with E-state index in [0.717, 1.165) is 18.1 Å². The third kappa shape index (κ3) is 4.32. The zero-order valence-electron chi connectivity index (χ0n) is 14.8. The van der Waals surface area contributed by atoms with Crippen LogP contribution >= 0.6 is 0 Å². The molecule has 0 bridgehead atoms. The third-order valence-electron chi connectivity index (χ3n) is 3.45. The lowest BCUT2D eigenvalue weighted by atomic mass is 10.2. The summed E-state index contributed by atoms with van der Waals surface area (Å²) in [6.45, 7) is 4.64. The molecule has 1 aromatic carbocycles. The van der Waals surface area contributed by atoms with E-state index in [0.29, 0.717) is 17.3 Å². The molecule has 2 heterocycles. The van der Waals surface area contributed by atoms with Crippen LogP contribution in [0.3, 0.4) is 0 Å². The summed E-state index contributed by atoms with van der Waals surface area (Å²) >= 11 is 0. The first-order chi connectivity index (χ1) is 12.5. The molecule has 0 aliphatic heterocycles. The molecular weight excluding hydrogens is 332 g/mol. The predicted molar refractivity (Wildman–Crippen MR) is 99.6 cm³/mol. The Morgan fingerprint density at radius 3 is 2.46 bits per heavy atom. The first-order valence-electron chi connectivity index (χ1n) is 8.18. The second-order valence-corrected chi connectivity index (χ2v) is 5.65. The van der Waals surface area contributed by atoms with Gasteiger partial charge in [-0.25, -0.2) is 9.97 Å². The summed E-state index contributed by atoms with van der Waals surface area (Å²) in [7, 11) is 1.71. The zero-order chi connectivity index (χ0) is 18.5. The van der Waals surface area contributed by atoms with E-state index in [1.807, 2.05) is 32.0 Å². The molecule has 0 atom stereocenters. The average molecular weight is 352 g/mol. The van der Waals surface area contributed by atoms with Crippen molar-refractivity contribution < 1.29 is 4.79 Å². The molecule has 3 rings (SSSR count). The highest BCUT2D eigenvalue weighted by molar-refractivity contribution is 6.02. The van der Waals surface area contributed by atoms with Gasteiger partial charge in [0.05, 0.1) is 6.20 Å². The van der Waals surface area contributed by atoms with Crippen molar-refractivity contribution in [2.75, 3.05) is 22.5 Å². The van der Waals surface area contributed by atoms with Gasteiger partial charge in [0, 0.05) is 31.0 Å². The van der Waals surface area contributed by atoms with Gasteiger partial charge in [-0.15, -0.1) is 5.10 Å². The third-order valence-corrected chi connectivity index (χ3v) is 3.45. The van der Waals surface area contributed by atoms with Gasteiger partial charge in [-0.2, -0.15) is 0 Å². The van der Waals surface area contributed by atoms with Crippen LogP contribution < -0.4 is 16.0 Å². The van der Waals surface area contributed by atoms with Crippen LogP contribution in [0.1, 0.15) is 23.2 Å². The lowest BCUT2D eigenvalue weighted by Crippen LogP contribution is -2.12. The number of nitrogens with one attached hydrogen (secondary N) is 3. The minimum Gasteiger partial charge on any atom is -0.370 e. The molecule has 0 aliphatic rings. The molecule has 0 fully saturated rings. The first-order valence-corrected chi connectivity index (χ1v) is 8.18. The fourth-order valence-electron chi connectivity index (χ4n) is 2.33. The standard InChI is InChI=1S/C17H20N8O/c1-4-18-15-9-16(20-11(2)19-15)21-12-5-7-13(8-6-12)22-17(26)14-10-25(3)24-23-14/h5-10H,4H2,1-3H3,(H,22,26)(H2,18,19,20,21). The molecule has 26 heavy (non-hydrogen) atoms. The summed E-state index contributed by atoms with van der Waals surface area (Å²) in [5, 5.41) is 16.7.